The van der Waals surface area contributed by atoms with E-state index in [2.05, 4.69) is 10.2 Å². The number of rotatable bonds is 6. The Morgan fingerprint density at radius 2 is 2.17 bits per heavy atom. The number of aliphatic carboxylic acids is 1. The van der Waals surface area contributed by atoms with Gasteiger partial charge in [0.25, 0.3) is 0 Å². The molecule has 0 aromatic rings. The maximum absolute atomic E-state index is 10.8. The molecule has 2 atom stereocenters. The number of nitrogens with zero attached hydrogens (tertiary/aromatic N) is 1. The summed E-state index contributed by atoms with van der Waals surface area (Å²) >= 11 is 0. The van der Waals surface area contributed by atoms with Crippen molar-refractivity contribution < 1.29 is 14.7 Å². The molecule has 1 aliphatic rings. The summed E-state index contributed by atoms with van der Waals surface area (Å²) in [7, 11) is 0. The Labute approximate surface area is 108 Å². The minimum Gasteiger partial charge on any atom is -0.481 e. The minimum atomic E-state index is -0.751. The summed E-state index contributed by atoms with van der Waals surface area (Å²) in [5, 5.41) is 11.4. The summed E-state index contributed by atoms with van der Waals surface area (Å²) in [6.07, 6.45) is 1.78. The van der Waals surface area contributed by atoms with E-state index in [1.807, 2.05) is 0 Å². The predicted octanol–water partition coefficient (Wildman–Crippen LogP) is -0.363. The number of hydrogen-bond acceptors (Lipinski definition) is 4. The van der Waals surface area contributed by atoms with E-state index in [4.69, 9.17) is 10.8 Å². The van der Waals surface area contributed by atoms with Gasteiger partial charge < -0.3 is 16.2 Å². The first-order valence-electron chi connectivity index (χ1n) is 6.41. The molecule has 4 N–H and O–H groups in total. The van der Waals surface area contributed by atoms with Crippen LogP contribution in [0.15, 0.2) is 0 Å². The molecule has 0 aromatic carbocycles. The molecule has 0 bridgehead atoms. The first-order valence-corrected chi connectivity index (χ1v) is 6.41. The van der Waals surface area contributed by atoms with Crippen LogP contribution in [0.5, 0.6) is 0 Å². The Kier molecular flexibility index (Phi) is 6.07. The van der Waals surface area contributed by atoms with E-state index >= 15 is 0 Å². The van der Waals surface area contributed by atoms with Gasteiger partial charge in [0.2, 0.25) is 5.91 Å². The van der Waals surface area contributed by atoms with E-state index < -0.39 is 5.97 Å². The van der Waals surface area contributed by atoms with Crippen molar-refractivity contribution in [3.05, 3.63) is 0 Å². The number of carboxylic acids is 1. The Balaban J connectivity index is 2.30. The van der Waals surface area contributed by atoms with E-state index in [9.17, 15) is 9.59 Å². The lowest BCUT2D eigenvalue weighted by Gasteiger charge is -2.36. The predicted molar refractivity (Wildman–Crippen MR) is 68.1 cm³/mol. The molecule has 2 unspecified atom stereocenters. The maximum atomic E-state index is 10.8. The van der Waals surface area contributed by atoms with Gasteiger partial charge in [-0.25, -0.2) is 0 Å². The first kappa shape index (κ1) is 14.9. The van der Waals surface area contributed by atoms with Crippen molar-refractivity contribution in [2.45, 2.75) is 32.2 Å². The molecule has 1 aliphatic heterocycles. The lowest BCUT2D eigenvalue weighted by molar-refractivity contribution is -0.137. The molecule has 1 amide bonds. The van der Waals surface area contributed by atoms with E-state index in [0.29, 0.717) is 18.9 Å². The van der Waals surface area contributed by atoms with Crippen molar-refractivity contribution in [1.82, 2.24) is 10.2 Å². The van der Waals surface area contributed by atoms with Gasteiger partial charge in [-0.1, -0.05) is 0 Å². The Hall–Kier alpha value is -1.14. The third-order valence-electron chi connectivity index (χ3n) is 3.21. The Morgan fingerprint density at radius 3 is 2.78 bits per heavy atom. The number of piperidine rings is 1. The Bertz CT molecular complexity index is 296. The number of likely N-dealkylation sites (tertiary alicyclic amines) is 1. The summed E-state index contributed by atoms with van der Waals surface area (Å²) in [6, 6.07) is 0.106. The number of amides is 1. The molecule has 6 heteroatoms. The lowest BCUT2D eigenvalue weighted by atomic mass is 9.91. The molecule has 1 saturated heterocycles. The summed E-state index contributed by atoms with van der Waals surface area (Å²) in [6.45, 7) is 4.59. The summed E-state index contributed by atoms with van der Waals surface area (Å²) < 4.78 is 0. The van der Waals surface area contributed by atoms with Crippen molar-refractivity contribution in [3.63, 3.8) is 0 Å². The zero-order chi connectivity index (χ0) is 13.5. The van der Waals surface area contributed by atoms with Gasteiger partial charge in [0, 0.05) is 45.6 Å². The quantitative estimate of drug-likeness (QED) is 0.604. The van der Waals surface area contributed by atoms with E-state index in [-0.39, 0.29) is 18.4 Å². The Morgan fingerprint density at radius 1 is 1.44 bits per heavy atom. The third-order valence-corrected chi connectivity index (χ3v) is 3.21. The lowest BCUT2D eigenvalue weighted by Crippen LogP contribution is -2.49. The van der Waals surface area contributed by atoms with Gasteiger partial charge in [0.1, 0.15) is 0 Å². The van der Waals surface area contributed by atoms with Gasteiger partial charge in [0.15, 0.2) is 0 Å². The second-order valence-electron chi connectivity index (χ2n) is 5.04. The molecule has 1 heterocycles. The van der Waals surface area contributed by atoms with Crippen molar-refractivity contribution >= 4 is 11.9 Å². The molecule has 104 valence electrons. The van der Waals surface area contributed by atoms with Gasteiger partial charge >= 0.3 is 5.97 Å². The topological polar surface area (TPSA) is 95.7 Å². The van der Waals surface area contributed by atoms with Crippen LogP contribution >= 0.6 is 0 Å². The molecule has 0 radical (unpaired) electrons. The number of nitrogens with two attached hydrogens (primary N) is 1. The van der Waals surface area contributed by atoms with Crippen LogP contribution in [0.1, 0.15) is 26.2 Å². The van der Waals surface area contributed by atoms with Crippen molar-refractivity contribution in [2.24, 2.45) is 11.7 Å². The maximum Gasteiger partial charge on any atom is 0.303 e. The molecule has 0 aromatic heterocycles. The number of nitrogens with one attached hydrogen (secondary N) is 1. The molecule has 1 rings (SSSR count). The molecule has 1 fully saturated rings. The fourth-order valence-electron chi connectivity index (χ4n) is 2.46. The minimum absolute atomic E-state index is 0.0289. The summed E-state index contributed by atoms with van der Waals surface area (Å²) in [5.41, 5.74) is 5.98. The van der Waals surface area contributed by atoms with Gasteiger partial charge in [-0.2, -0.15) is 0 Å². The monoisotopic (exact) mass is 257 g/mol. The van der Waals surface area contributed by atoms with E-state index in [1.165, 1.54) is 6.92 Å². The second-order valence-corrected chi connectivity index (χ2v) is 5.04. The van der Waals surface area contributed by atoms with Gasteiger partial charge in [-0.3, -0.25) is 14.5 Å². The zero-order valence-electron chi connectivity index (χ0n) is 10.9. The van der Waals surface area contributed by atoms with Crippen molar-refractivity contribution in [3.8, 4) is 0 Å². The highest BCUT2D eigenvalue weighted by atomic mass is 16.4. The highest BCUT2D eigenvalue weighted by Gasteiger charge is 2.25. The van der Waals surface area contributed by atoms with Gasteiger partial charge in [-0.15, -0.1) is 0 Å². The standard InChI is InChI=1S/C12H23N3O3/c1-9(16)14-4-5-15-7-10(2-3-12(17)18)6-11(13)8-15/h10-11H,2-8,13H2,1H3,(H,14,16)(H,17,18). The molecule has 6 nitrogen and oxygen atoms in total. The van der Waals surface area contributed by atoms with Crippen LogP contribution in [-0.2, 0) is 9.59 Å². The molecular formula is C12H23N3O3. The largest absolute Gasteiger partial charge is 0.481 e. The molecular weight excluding hydrogens is 234 g/mol. The van der Waals surface area contributed by atoms with Gasteiger partial charge in [0.05, 0.1) is 0 Å². The fraction of sp³-hybridized carbons (Fsp3) is 0.833. The normalized spacial score (nSPS) is 24.8. The van der Waals surface area contributed by atoms with E-state index in [0.717, 1.165) is 26.1 Å². The fourth-order valence-corrected chi connectivity index (χ4v) is 2.46. The summed E-state index contributed by atoms with van der Waals surface area (Å²) in [5.74, 6) is -0.431. The number of carboxylic acid groups (broad SMARTS) is 1. The van der Waals surface area contributed by atoms with Crippen LogP contribution < -0.4 is 11.1 Å². The van der Waals surface area contributed by atoms with Gasteiger partial charge in [-0.05, 0) is 18.8 Å². The molecule has 0 spiro atoms. The second kappa shape index (κ2) is 7.33. The van der Waals surface area contributed by atoms with Crippen molar-refractivity contribution in [1.29, 1.82) is 0 Å². The van der Waals surface area contributed by atoms with Crippen LogP contribution in [0.25, 0.3) is 0 Å². The highest BCUT2D eigenvalue weighted by molar-refractivity contribution is 5.72. The smallest absolute Gasteiger partial charge is 0.303 e. The molecule has 0 aliphatic carbocycles. The zero-order valence-corrected chi connectivity index (χ0v) is 10.9. The van der Waals surface area contributed by atoms with Crippen LogP contribution in [0, 0.1) is 5.92 Å². The van der Waals surface area contributed by atoms with Crippen LogP contribution in [0.2, 0.25) is 0 Å². The highest BCUT2D eigenvalue weighted by Crippen LogP contribution is 2.20. The average Bonchev–Trinajstić information content (AvgIpc) is 2.25. The average molecular weight is 257 g/mol. The number of hydrogen-bond donors (Lipinski definition) is 3. The van der Waals surface area contributed by atoms with Crippen LogP contribution in [0.3, 0.4) is 0 Å². The van der Waals surface area contributed by atoms with Crippen molar-refractivity contribution in [2.75, 3.05) is 26.2 Å². The van der Waals surface area contributed by atoms with Crippen LogP contribution in [-0.4, -0.2) is 54.1 Å². The summed E-state index contributed by atoms with van der Waals surface area (Å²) in [4.78, 5) is 23.5. The van der Waals surface area contributed by atoms with Crippen LogP contribution in [0.4, 0.5) is 0 Å². The molecule has 0 saturated carbocycles. The number of carbonyl (C=O) groups is 2. The molecule has 18 heavy (non-hydrogen) atoms. The van der Waals surface area contributed by atoms with E-state index in [1.54, 1.807) is 0 Å². The number of carbonyl (C=O) groups excluding carboxylic acids is 1. The first-order chi connectivity index (χ1) is 8.47. The SMILES string of the molecule is CC(=O)NCCN1CC(N)CC(CCC(=O)O)C1. The third kappa shape index (κ3) is 5.97.